The van der Waals surface area contributed by atoms with Crippen LogP contribution in [0.5, 0.6) is 0 Å². The fourth-order valence-corrected chi connectivity index (χ4v) is 1.11. The van der Waals surface area contributed by atoms with E-state index in [2.05, 4.69) is 5.32 Å². The molecular weight excluding hydrogens is 223 g/mol. The number of rotatable bonds is 2. The zero-order chi connectivity index (χ0) is 12.3. The molecule has 6 heteroatoms. The molecule has 0 bridgehead atoms. The van der Waals surface area contributed by atoms with Crippen LogP contribution in [-0.2, 0) is 4.79 Å². The Balaban J connectivity index is 2.99. The highest BCUT2D eigenvalue weighted by Crippen LogP contribution is 2.22. The number of carbonyl (C=O) groups excluding carboxylic acids is 2. The Morgan fingerprint density at radius 1 is 1.25 bits per heavy atom. The minimum absolute atomic E-state index is 0.155. The maximum atomic E-state index is 12.1. The van der Waals surface area contributed by atoms with Gasteiger partial charge in [0.05, 0.1) is 0 Å². The van der Waals surface area contributed by atoms with Crippen LogP contribution < -0.4 is 5.32 Å². The van der Waals surface area contributed by atoms with Crippen molar-refractivity contribution in [3.63, 3.8) is 0 Å². The summed E-state index contributed by atoms with van der Waals surface area (Å²) in [5.41, 5.74) is -0.346. The monoisotopic (exact) mass is 231 g/mol. The van der Waals surface area contributed by atoms with Crippen molar-refractivity contribution in [2.75, 3.05) is 5.32 Å². The number of ketones is 1. The molecule has 0 fully saturated rings. The molecule has 0 aliphatic carbocycles. The third kappa shape index (κ3) is 3.08. The minimum Gasteiger partial charge on any atom is -0.326 e. The summed E-state index contributed by atoms with van der Waals surface area (Å²) in [5.74, 6) is -2.35. The molecule has 1 aromatic rings. The smallest absolute Gasteiger partial charge is 0.326 e. The van der Waals surface area contributed by atoms with Gasteiger partial charge < -0.3 is 5.32 Å². The second kappa shape index (κ2) is 4.34. The Morgan fingerprint density at radius 3 is 2.38 bits per heavy atom. The topological polar surface area (TPSA) is 46.2 Å². The fraction of sp³-hybridized carbons (Fsp3) is 0.200. The molecular formula is C10H8F3NO2. The van der Waals surface area contributed by atoms with Gasteiger partial charge in [0.2, 0.25) is 5.91 Å². The van der Waals surface area contributed by atoms with Gasteiger partial charge in [-0.2, -0.15) is 13.2 Å². The van der Waals surface area contributed by atoms with Crippen LogP contribution >= 0.6 is 0 Å². The van der Waals surface area contributed by atoms with E-state index in [0.29, 0.717) is 0 Å². The van der Waals surface area contributed by atoms with E-state index in [0.717, 1.165) is 12.1 Å². The first kappa shape index (κ1) is 12.2. The zero-order valence-corrected chi connectivity index (χ0v) is 8.26. The summed E-state index contributed by atoms with van der Waals surface area (Å²) < 4.78 is 36.3. The van der Waals surface area contributed by atoms with Gasteiger partial charge >= 0.3 is 6.18 Å². The van der Waals surface area contributed by atoms with Crippen molar-refractivity contribution in [2.24, 2.45) is 0 Å². The van der Waals surface area contributed by atoms with Crippen molar-refractivity contribution < 1.29 is 22.8 Å². The minimum atomic E-state index is -4.91. The molecule has 0 aliphatic rings. The van der Waals surface area contributed by atoms with Crippen LogP contribution in [0.15, 0.2) is 24.3 Å². The Kier molecular flexibility index (Phi) is 3.31. The third-order valence-corrected chi connectivity index (χ3v) is 1.70. The van der Waals surface area contributed by atoms with E-state index in [1.807, 2.05) is 0 Å². The van der Waals surface area contributed by atoms with Crippen LogP contribution in [0.2, 0.25) is 0 Å². The van der Waals surface area contributed by atoms with E-state index in [9.17, 15) is 22.8 Å². The van der Waals surface area contributed by atoms with Crippen LogP contribution in [0, 0.1) is 0 Å². The first-order chi connectivity index (χ1) is 7.30. The van der Waals surface area contributed by atoms with E-state index < -0.39 is 23.4 Å². The number of Topliss-reactive ketones (excluding diaryl/α,β-unsaturated/α-hetero) is 1. The van der Waals surface area contributed by atoms with Crippen molar-refractivity contribution >= 4 is 17.4 Å². The molecule has 1 rings (SSSR count). The number of benzene rings is 1. The predicted molar refractivity (Wildman–Crippen MR) is 51.1 cm³/mol. The first-order valence-corrected chi connectivity index (χ1v) is 4.30. The molecule has 0 saturated heterocycles. The number of halogens is 3. The molecule has 0 aromatic heterocycles. The van der Waals surface area contributed by atoms with E-state index >= 15 is 0 Å². The quantitative estimate of drug-likeness (QED) is 0.794. The largest absolute Gasteiger partial charge is 0.454 e. The van der Waals surface area contributed by atoms with Crippen LogP contribution in [0.25, 0.3) is 0 Å². The Bertz CT molecular complexity index is 426. The maximum absolute atomic E-state index is 12.1. The molecule has 0 radical (unpaired) electrons. The second-order valence-electron chi connectivity index (χ2n) is 3.09. The third-order valence-electron chi connectivity index (χ3n) is 1.70. The lowest BCUT2D eigenvalue weighted by atomic mass is 10.1. The molecule has 1 aromatic carbocycles. The van der Waals surface area contributed by atoms with Crippen molar-refractivity contribution in [1.82, 2.24) is 0 Å². The normalized spacial score (nSPS) is 11.0. The molecule has 1 N–H and O–H groups in total. The van der Waals surface area contributed by atoms with E-state index in [4.69, 9.17) is 0 Å². The molecule has 1 amide bonds. The molecule has 0 saturated carbocycles. The maximum Gasteiger partial charge on any atom is 0.454 e. The average molecular weight is 231 g/mol. The molecule has 0 atom stereocenters. The number of nitrogens with one attached hydrogen (secondary N) is 1. The van der Waals surface area contributed by atoms with Gasteiger partial charge in [-0.3, -0.25) is 9.59 Å². The average Bonchev–Trinajstić information content (AvgIpc) is 2.14. The summed E-state index contributed by atoms with van der Waals surface area (Å²) >= 11 is 0. The van der Waals surface area contributed by atoms with Crippen LogP contribution in [0.4, 0.5) is 18.9 Å². The number of anilines is 1. The van der Waals surface area contributed by atoms with Gasteiger partial charge in [0.1, 0.15) is 0 Å². The molecule has 0 spiro atoms. The van der Waals surface area contributed by atoms with Gasteiger partial charge in [0, 0.05) is 18.2 Å². The highest BCUT2D eigenvalue weighted by Gasteiger charge is 2.39. The van der Waals surface area contributed by atoms with E-state index in [-0.39, 0.29) is 5.69 Å². The van der Waals surface area contributed by atoms with Crippen LogP contribution in [0.1, 0.15) is 17.3 Å². The van der Waals surface area contributed by atoms with Gasteiger partial charge in [0.25, 0.3) is 5.78 Å². The molecule has 86 valence electrons. The number of hydrogen-bond acceptors (Lipinski definition) is 2. The predicted octanol–water partition coefficient (Wildman–Crippen LogP) is 2.39. The second-order valence-corrected chi connectivity index (χ2v) is 3.09. The summed E-state index contributed by atoms with van der Waals surface area (Å²) in [7, 11) is 0. The number of hydrogen-bond donors (Lipinski definition) is 1. The SMILES string of the molecule is CC(=O)Nc1cccc(C(=O)C(F)(F)F)c1. The lowest BCUT2D eigenvalue weighted by Crippen LogP contribution is -2.22. The lowest BCUT2D eigenvalue weighted by molar-refractivity contribution is -0.114. The van der Waals surface area contributed by atoms with Gasteiger partial charge in [-0.15, -0.1) is 0 Å². The van der Waals surface area contributed by atoms with Gasteiger partial charge in [-0.25, -0.2) is 0 Å². The highest BCUT2D eigenvalue weighted by molar-refractivity contribution is 6.01. The Morgan fingerprint density at radius 2 is 1.88 bits per heavy atom. The summed E-state index contributed by atoms with van der Waals surface area (Å²) in [6.07, 6.45) is -4.91. The van der Waals surface area contributed by atoms with Gasteiger partial charge in [-0.05, 0) is 12.1 Å². The summed E-state index contributed by atoms with van der Waals surface area (Å²) in [5, 5.41) is 2.29. The Hall–Kier alpha value is -1.85. The van der Waals surface area contributed by atoms with Gasteiger partial charge in [-0.1, -0.05) is 12.1 Å². The number of alkyl halides is 3. The van der Waals surface area contributed by atoms with E-state index in [1.54, 1.807) is 0 Å². The van der Waals surface area contributed by atoms with E-state index in [1.165, 1.54) is 19.1 Å². The zero-order valence-electron chi connectivity index (χ0n) is 8.26. The van der Waals surface area contributed by atoms with Crippen molar-refractivity contribution in [2.45, 2.75) is 13.1 Å². The molecule has 16 heavy (non-hydrogen) atoms. The molecule has 0 unspecified atom stereocenters. The summed E-state index contributed by atoms with van der Waals surface area (Å²) in [4.78, 5) is 21.5. The first-order valence-electron chi connectivity index (χ1n) is 4.30. The molecule has 0 heterocycles. The van der Waals surface area contributed by atoms with Crippen LogP contribution in [-0.4, -0.2) is 17.9 Å². The van der Waals surface area contributed by atoms with Crippen molar-refractivity contribution in [1.29, 1.82) is 0 Å². The fourth-order valence-electron chi connectivity index (χ4n) is 1.11. The standard InChI is InChI=1S/C10H8F3NO2/c1-6(15)14-8-4-2-3-7(5-8)9(16)10(11,12)13/h2-5H,1H3,(H,14,15). The Labute approximate surface area is 89.3 Å². The number of carbonyl (C=O) groups is 2. The van der Waals surface area contributed by atoms with Crippen molar-refractivity contribution in [3.8, 4) is 0 Å². The highest BCUT2D eigenvalue weighted by atomic mass is 19.4. The molecule has 0 aliphatic heterocycles. The van der Waals surface area contributed by atoms with Gasteiger partial charge in [0.15, 0.2) is 0 Å². The molecule has 3 nitrogen and oxygen atoms in total. The lowest BCUT2D eigenvalue weighted by Gasteiger charge is -2.07. The summed E-state index contributed by atoms with van der Waals surface area (Å²) in [6.45, 7) is 1.22. The summed E-state index contributed by atoms with van der Waals surface area (Å²) in [6, 6.07) is 4.69. The number of amides is 1. The van der Waals surface area contributed by atoms with Crippen LogP contribution in [0.3, 0.4) is 0 Å². The van der Waals surface area contributed by atoms with Crippen molar-refractivity contribution in [3.05, 3.63) is 29.8 Å².